The quantitative estimate of drug-likeness (QED) is 0.161. The lowest BCUT2D eigenvalue weighted by molar-refractivity contribution is -0.125. The number of aromatic nitrogens is 1. The number of Topliss-reactive ketones (excluding diaryl/α,β-unsaturated/α-hetero) is 1. The van der Waals surface area contributed by atoms with Crippen LogP contribution in [0.3, 0.4) is 0 Å². The van der Waals surface area contributed by atoms with Crippen LogP contribution in [0.15, 0.2) is 54.9 Å². The third-order valence-corrected chi connectivity index (χ3v) is 8.00. The highest BCUT2D eigenvalue weighted by atomic mass is 32.2. The molecule has 0 saturated carbocycles. The molecule has 0 spiro atoms. The SMILES string of the molecule is C=C(Cn1cc(C(C)=O)c2cc(OS(=O)(=O)C(F)(F)F)ccc21)N1C[C@H](C)C[C@H]1C(=O)NCc1cccc(C)c1F. The number of allylic oxidation sites excluding steroid dienone is 1. The topological polar surface area (TPSA) is 97.7 Å². The number of benzene rings is 2. The number of halogens is 4. The number of rotatable bonds is 9. The highest BCUT2D eigenvalue weighted by Gasteiger charge is 2.48. The van der Waals surface area contributed by atoms with Gasteiger partial charge in [-0.05, 0) is 49.9 Å². The number of amides is 1. The molecular formula is C28H29F4N3O5S. The number of fused-ring (bicyclic) bond motifs is 1. The maximum absolute atomic E-state index is 14.4. The van der Waals surface area contributed by atoms with Gasteiger partial charge in [-0.2, -0.15) is 21.6 Å². The second-order valence-corrected chi connectivity index (χ2v) is 11.8. The number of nitrogens with zero attached hydrogens (tertiary/aromatic N) is 2. The van der Waals surface area contributed by atoms with E-state index in [-0.39, 0.29) is 41.7 Å². The Bertz CT molecular complexity index is 1630. The van der Waals surface area contributed by atoms with Crippen LogP contribution in [0.1, 0.15) is 41.8 Å². The molecule has 1 N–H and O–H groups in total. The zero-order valence-electron chi connectivity index (χ0n) is 22.6. The number of likely N-dealkylation sites (tertiary alicyclic amines) is 1. The number of carbonyl (C=O) groups is 2. The largest absolute Gasteiger partial charge is 0.534 e. The van der Waals surface area contributed by atoms with Crippen LogP contribution in [-0.4, -0.2) is 47.7 Å². The summed E-state index contributed by atoms with van der Waals surface area (Å²) >= 11 is 0. The standard InChI is InChI=1S/C28H29F4N3O5S/c1-16-10-25(27(37)33-12-20-7-5-6-17(2)26(20)29)35(13-16)18(3)14-34-15-23(19(4)36)22-11-21(8-9-24(22)34)40-41(38,39)28(30,31)32/h5-9,11,15-16,25H,3,10,12-14H2,1-2,4H3,(H,33,37)/t16-,25+/m1/s1. The van der Waals surface area contributed by atoms with E-state index in [4.69, 9.17) is 0 Å². The number of ketones is 1. The zero-order chi connectivity index (χ0) is 30.3. The van der Waals surface area contributed by atoms with Gasteiger partial charge in [-0.25, -0.2) is 4.39 Å². The fourth-order valence-corrected chi connectivity index (χ4v) is 5.44. The summed E-state index contributed by atoms with van der Waals surface area (Å²) in [7, 11) is -5.89. The average Bonchev–Trinajstić information content (AvgIpc) is 3.44. The van der Waals surface area contributed by atoms with Crippen LogP contribution in [-0.2, 0) is 28.0 Å². The summed E-state index contributed by atoms with van der Waals surface area (Å²) < 4.78 is 81.6. The van der Waals surface area contributed by atoms with E-state index in [1.165, 1.54) is 19.2 Å². The summed E-state index contributed by atoms with van der Waals surface area (Å²) in [5.41, 5.74) is -3.65. The van der Waals surface area contributed by atoms with Crippen LogP contribution in [0, 0.1) is 18.7 Å². The predicted octanol–water partition coefficient (Wildman–Crippen LogP) is 5.06. The summed E-state index contributed by atoms with van der Waals surface area (Å²) in [5, 5.41) is 3.00. The number of hydrogen-bond donors (Lipinski definition) is 1. The van der Waals surface area contributed by atoms with Gasteiger partial charge in [0.25, 0.3) is 0 Å². The molecule has 1 amide bonds. The number of nitrogens with one attached hydrogen (secondary N) is 1. The van der Waals surface area contributed by atoms with Crippen molar-refractivity contribution < 1.29 is 39.8 Å². The van der Waals surface area contributed by atoms with Crippen molar-refractivity contribution in [2.45, 2.75) is 51.8 Å². The Morgan fingerprint density at radius 2 is 1.90 bits per heavy atom. The molecule has 1 saturated heterocycles. The van der Waals surface area contributed by atoms with E-state index in [2.05, 4.69) is 16.1 Å². The van der Waals surface area contributed by atoms with Crippen molar-refractivity contribution in [2.75, 3.05) is 6.54 Å². The molecule has 41 heavy (non-hydrogen) atoms. The second kappa shape index (κ2) is 11.2. The van der Waals surface area contributed by atoms with Gasteiger partial charge in [0.15, 0.2) is 5.78 Å². The molecule has 2 aromatic carbocycles. The molecule has 0 aliphatic carbocycles. The smallest absolute Gasteiger partial charge is 0.376 e. The van der Waals surface area contributed by atoms with Crippen LogP contribution >= 0.6 is 0 Å². The number of hydrogen-bond acceptors (Lipinski definition) is 6. The van der Waals surface area contributed by atoms with E-state index in [0.717, 1.165) is 12.1 Å². The van der Waals surface area contributed by atoms with Gasteiger partial charge < -0.3 is 19.0 Å². The van der Waals surface area contributed by atoms with E-state index in [1.54, 1.807) is 29.7 Å². The third kappa shape index (κ3) is 6.24. The minimum Gasteiger partial charge on any atom is -0.376 e. The van der Waals surface area contributed by atoms with Crippen LogP contribution in [0.2, 0.25) is 0 Å². The lowest BCUT2D eigenvalue weighted by atomic mass is 10.1. The number of carbonyl (C=O) groups excluding carboxylic acids is 2. The first kappa shape index (κ1) is 30.1. The Kier molecular flexibility index (Phi) is 8.21. The van der Waals surface area contributed by atoms with Gasteiger partial charge in [-0.1, -0.05) is 31.7 Å². The van der Waals surface area contributed by atoms with Gasteiger partial charge in [0.2, 0.25) is 5.91 Å². The summed E-state index contributed by atoms with van der Waals surface area (Å²) in [6.07, 6.45) is 2.04. The predicted molar refractivity (Wildman–Crippen MR) is 144 cm³/mol. The molecular weight excluding hydrogens is 566 g/mol. The van der Waals surface area contributed by atoms with Crippen molar-refractivity contribution >= 4 is 32.7 Å². The molecule has 8 nitrogen and oxygen atoms in total. The lowest BCUT2D eigenvalue weighted by Gasteiger charge is -2.28. The van der Waals surface area contributed by atoms with Crippen LogP contribution in [0.5, 0.6) is 5.75 Å². The van der Waals surface area contributed by atoms with Crippen molar-refractivity contribution in [3.8, 4) is 5.75 Å². The summed E-state index contributed by atoms with van der Waals surface area (Å²) in [4.78, 5) is 27.3. The summed E-state index contributed by atoms with van der Waals surface area (Å²) in [6, 6.07) is 7.88. The van der Waals surface area contributed by atoms with E-state index in [1.807, 2.05) is 11.8 Å². The van der Waals surface area contributed by atoms with Crippen molar-refractivity contribution in [2.24, 2.45) is 5.92 Å². The average molecular weight is 596 g/mol. The molecule has 2 heterocycles. The molecule has 1 aliphatic rings. The van der Waals surface area contributed by atoms with Crippen molar-refractivity contribution in [1.29, 1.82) is 0 Å². The summed E-state index contributed by atoms with van der Waals surface area (Å²) in [6.45, 7) is 9.74. The monoisotopic (exact) mass is 595 g/mol. The van der Waals surface area contributed by atoms with Gasteiger partial charge in [0, 0.05) is 47.0 Å². The second-order valence-electron chi connectivity index (χ2n) is 10.2. The maximum Gasteiger partial charge on any atom is 0.534 e. The van der Waals surface area contributed by atoms with Gasteiger partial charge in [-0.3, -0.25) is 9.59 Å². The number of aryl methyl sites for hydroxylation is 1. The summed E-state index contributed by atoms with van der Waals surface area (Å²) in [5.74, 6) is -1.50. The minimum absolute atomic E-state index is 0.0240. The molecule has 13 heteroatoms. The Morgan fingerprint density at radius 1 is 1.20 bits per heavy atom. The third-order valence-electron chi connectivity index (χ3n) is 7.02. The van der Waals surface area contributed by atoms with E-state index in [0.29, 0.717) is 35.3 Å². The first-order valence-corrected chi connectivity index (χ1v) is 14.1. The van der Waals surface area contributed by atoms with Crippen LogP contribution in [0.25, 0.3) is 10.9 Å². The molecule has 0 radical (unpaired) electrons. The molecule has 220 valence electrons. The van der Waals surface area contributed by atoms with Gasteiger partial charge in [0.05, 0.1) is 6.54 Å². The lowest BCUT2D eigenvalue weighted by Crippen LogP contribution is -2.43. The first-order chi connectivity index (χ1) is 19.1. The molecule has 0 unspecified atom stereocenters. The Balaban J connectivity index is 1.55. The molecule has 2 atom stereocenters. The van der Waals surface area contributed by atoms with Crippen LogP contribution < -0.4 is 9.50 Å². The fourth-order valence-electron chi connectivity index (χ4n) is 4.99. The van der Waals surface area contributed by atoms with Gasteiger partial charge >= 0.3 is 15.6 Å². The highest BCUT2D eigenvalue weighted by Crippen LogP contribution is 2.33. The molecule has 3 aromatic rings. The van der Waals surface area contributed by atoms with E-state index >= 15 is 0 Å². The Labute approximate surface area is 234 Å². The van der Waals surface area contributed by atoms with Gasteiger partial charge in [0.1, 0.15) is 17.6 Å². The van der Waals surface area contributed by atoms with Crippen molar-refractivity contribution in [1.82, 2.24) is 14.8 Å². The minimum atomic E-state index is -5.89. The van der Waals surface area contributed by atoms with Crippen LogP contribution in [0.4, 0.5) is 17.6 Å². The molecule has 1 fully saturated rings. The molecule has 4 rings (SSSR count). The van der Waals surface area contributed by atoms with E-state index < -0.39 is 33.2 Å². The first-order valence-electron chi connectivity index (χ1n) is 12.7. The Morgan fingerprint density at radius 3 is 2.56 bits per heavy atom. The van der Waals surface area contributed by atoms with Crippen molar-refractivity contribution in [3.05, 3.63) is 77.4 Å². The highest BCUT2D eigenvalue weighted by molar-refractivity contribution is 7.88. The maximum atomic E-state index is 14.4. The molecule has 1 aliphatic heterocycles. The number of alkyl halides is 3. The fraction of sp³-hybridized carbons (Fsp3) is 0.357. The van der Waals surface area contributed by atoms with E-state index in [9.17, 15) is 35.6 Å². The Hall–Kier alpha value is -3.87. The molecule has 0 bridgehead atoms. The van der Waals surface area contributed by atoms with Gasteiger partial charge in [-0.15, -0.1) is 0 Å². The molecule has 1 aromatic heterocycles. The zero-order valence-corrected chi connectivity index (χ0v) is 23.4. The normalized spacial score (nSPS) is 17.6. The van der Waals surface area contributed by atoms with Crippen molar-refractivity contribution in [3.63, 3.8) is 0 Å².